The Bertz CT molecular complexity index is 536. The number of halogens is 1. The second-order valence-electron chi connectivity index (χ2n) is 4.07. The summed E-state index contributed by atoms with van der Waals surface area (Å²) in [5.41, 5.74) is 9.15. The van der Waals surface area contributed by atoms with E-state index in [-0.39, 0.29) is 6.04 Å². The molecule has 4 nitrogen and oxygen atoms in total. The minimum atomic E-state index is -0.337. The van der Waals surface area contributed by atoms with E-state index >= 15 is 0 Å². The van der Waals surface area contributed by atoms with Gasteiger partial charge in [-0.25, -0.2) is 0 Å². The van der Waals surface area contributed by atoms with Crippen molar-refractivity contribution in [3.63, 3.8) is 0 Å². The third-order valence-corrected chi connectivity index (χ3v) is 3.32. The Kier molecular flexibility index (Phi) is 3.99. The molecular formula is C13H17ClN4. The summed E-state index contributed by atoms with van der Waals surface area (Å²) >= 11 is 6.17. The first-order valence-electron chi connectivity index (χ1n) is 6.09. The molecule has 0 spiro atoms. The predicted octanol–water partition coefficient (Wildman–Crippen LogP) is 2.56. The molecule has 2 aromatic heterocycles. The molecule has 0 fully saturated rings. The number of hydrogen-bond acceptors (Lipinski definition) is 3. The van der Waals surface area contributed by atoms with Crippen LogP contribution in [0, 0.1) is 0 Å². The molecule has 0 aliphatic heterocycles. The van der Waals surface area contributed by atoms with E-state index in [0.29, 0.717) is 5.02 Å². The first kappa shape index (κ1) is 13.1. The Morgan fingerprint density at radius 2 is 2.22 bits per heavy atom. The lowest BCUT2D eigenvalue weighted by atomic mass is 10.0. The van der Waals surface area contributed by atoms with E-state index in [1.165, 1.54) is 0 Å². The summed E-state index contributed by atoms with van der Waals surface area (Å²) in [5, 5.41) is 4.81. The summed E-state index contributed by atoms with van der Waals surface area (Å²) in [5.74, 6) is 0. The van der Waals surface area contributed by atoms with E-state index in [0.717, 1.165) is 29.9 Å². The van der Waals surface area contributed by atoms with Crippen molar-refractivity contribution in [2.45, 2.75) is 32.9 Å². The maximum atomic E-state index is 6.31. The highest BCUT2D eigenvalue weighted by Gasteiger charge is 2.20. The van der Waals surface area contributed by atoms with Crippen LogP contribution in [0.1, 0.15) is 36.8 Å². The average molecular weight is 265 g/mol. The molecule has 5 heteroatoms. The van der Waals surface area contributed by atoms with Gasteiger partial charge in [-0.1, -0.05) is 24.6 Å². The highest BCUT2D eigenvalue weighted by atomic mass is 35.5. The molecule has 0 radical (unpaired) electrons. The molecule has 0 saturated carbocycles. The fourth-order valence-electron chi connectivity index (χ4n) is 2.09. The lowest BCUT2D eigenvalue weighted by molar-refractivity contribution is 0.594. The molecule has 0 aliphatic rings. The van der Waals surface area contributed by atoms with Gasteiger partial charge in [-0.2, -0.15) is 5.10 Å². The van der Waals surface area contributed by atoms with Gasteiger partial charge in [0.1, 0.15) is 0 Å². The molecule has 0 aromatic carbocycles. The van der Waals surface area contributed by atoms with Crippen LogP contribution < -0.4 is 5.73 Å². The van der Waals surface area contributed by atoms with Crippen LogP contribution >= 0.6 is 11.6 Å². The normalized spacial score (nSPS) is 12.7. The molecule has 0 bridgehead atoms. The number of hydrogen-bond donors (Lipinski definition) is 1. The van der Waals surface area contributed by atoms with Gasteiger partial charge >= 0.3 is 0 Å². The Morgan fingerprint density at radius 1 is 1.44 bits per heavy atom. The second kappa shape index (κ2) is 5.50. The number of aromatic nitrogens is 3. The molecule has 1 unspecified atom stereocenters. The standard InChI is InChI=1S/C13H17ClN4/c1-3-9-6-5-7-16-12(9)11(15)13-10(14)8-17-18(13)4-2/h5-8,11H,3-4,15H2,1-2H3. The van der Waals surface area contributed by atoms with Crippen LogP contribution in [0.2, 0.25) is 5.02 Å². The largest absolute Gasteiger partial charge is 0.318 e. The van der Waals surface area contributed by atoms with Gasteiger partial charge in [0.25, 0.3) is 0 Å². The lowest BCUT2D eigenvalue weighted by Crippen LogP contribution is -2.20. The Hall–Kier alpha value is -1.39. The van der Waals surface area contributed by atoms with Crippen molar-refractivity contribution in [3.05, 3.63) is 46.5 Å². The van der Waals surface area contributed by atoms with Gasteiger partial charge in [0, 0.05) is 12.7 Å². The predicted molar refractivity (Wildman–Crippen MR) is 72.6 cm³/mol. The molecule has 0 aliphatic carbocycles. The molecule has 2 rings (SSSR count). The highest BCUT2D eigenvalue weighted by Crippen LogP contribution is 2.27. The van der Waals surface area contributed by atoms with Crippen molar-refractivity contribution in [2.75, 3.05) is 0 Å². The molecule has 2 heterocycles. The van der Waals surface area contributed by atoms with E-state index < -0.39 is 0 Å². The van der Waals surface area contributed by atoms with Crippen LogP contribution in [0.5, 0.6) is 0 Å². The molecule has 96 valence electrons. The first-order valence-corrected chi connectivity index (χ1v) is 6.47. The van der Waals surface area contributed by atoms with Crippen molar-refractivity contribution < 1.29 is 0 Å². The van der Waals surface area contributed by atoms with Gasteiger partial charge in [0.15, 0.2) is 0 Å². The van der Waals surface area contributed by atoms with Crippen LogP contribution in [0.25, 0.3) is 0 Å². The van der Waals surface area contributed by atoms with E-state index in [9.17, 15) is 0 Å². The molecular weight excluding hydrogens is 248 g/mol. The summed E-state index contributed by atoms with van der Waals surface area (Å²) < 4.78 is 1.82. The van der Waals surface area contributed by atoms with Crippen molar-refractivity contribution >= 4 is 11.6 Å². The monoisotopic (exact) mass is 264 g/mol. The molecule has 1 atom stereocenters. The SMILES string of the molecule is CCc1cccnc1C(N)c1c(Cl)cnn1CC. The van der Waals surface area contributed by atoms with Crippen molar-refractivity contribution in [3.8, 4) is 0 Å². The minimum absolute atomic E-state index is 0.337. The Labute approximate surface area is 112 Å². The van der Waals surface area contributed by atoms with Crippen molar-refractivity contribution in [2.24, 2.45) is 5.73 Å². The van der Waals surface area contributed by atoms with Gasteiger partial charge < -0.3 is 5.73 Å². The lowest BCUT2D eigenvalue weighted by Gasteiger charge is -2.16. The fourth-order valence-corrected chi connectivity index (χ4v) is 2.35. The topological polar surface area (TPSA) is 56.7 Å². The summed E-state index contributed by atoms with van der Waals surface area (Å²) in [4.78, 5) is 4.40. The average Bonchev–Trinajstić information content (AvgIpc) is 2.79. The van der Waals surface area contributed by atoms with E-state index in [4.69, 9.17) is 17.3 Å². The van der Waals surface area contributed by atoms with Crippen molar-refractivity contribution in [1.82, 2.24) is 14.8 Å². The van der Waals surface area contributed by atoms with Gasteiger partial charge in [-0.15, -0.1) is 0 Å². The number of nitrogens with two attached hydrogens (primary N) is 1. The molecule has 2 N–H and O–H groups in total. The van der Waals surface area contributed by atoms with Gasteiger partial charge in [-0.05, 0) is 25.0 Å². The fraction of sp³-hybridized carbons (Fsp3) is 0.385. The molecule has 2 aromatic rings. The summed E-state index contributed by atoms with van der Waals surface area (Å²) in [7, 11) is 0. The van der Waals surface area contributed by atoms with Crippen LogP contribution in [-0.4, -0.2) is 14.8 Å². The Morgan fingerprint density at radius 3 is 2.89 bits per heavy atom. The van der Waals surface area contributed by atoms with Crippen LogP contribution in [0.4, 0.5) is 0 Å². The molecule has 0 saturated heterocycles. The van der Waals surface area contributed by atoms with Gasteiger partial charge in [-0.3, -0.25) is 9.67 Å². The van der Waals surface area contributed by atoms with Gasteiger partial charge in [0.05, 0.1) is 28.6 Å². The van der Waals surface area contributed by atoms with Crippen LogP contribution in [0.3, 0.4) is 0 Å². The Balaban J connectivity index is 2.47. The van der Waals surface area contributed by atoms with E-state index in [1.54, 1.807) is 12.4 Å². The third-order valence-electron chi connectivity index (χ3n) is 3.03. The highest BCUT2D eigenvalue weighted by molar-refractivity contribution is 6.31. The number of rotatable bonds is 4. The maximum absolute atomic E-state index is 6.31. The second-order valence-corrected chi connectivity index (χ2v) is 4.48. The zero-order valence-electron chi connectivity index (χ0n) is 10.6. The number of nitrogens with zero attached hydrogens (tertiary/aromatic N) is 3. The van der Waals surface area contributed by atoms with E-state index in [1.807, 2.05) is 23.7 Å². The number of aryl methyl sites for hydroxylation is 2. The van der Waals surface area contributed by atoms with E-state index in [2.05, 4.69) is 17.0 Å². The zero-order valence-corrected chi connectivity index (χ0v) is 11.4. The number of pyridine rings is 1. The zero-order chi connectivity index (χ0) is 13.1. The quantitative estimate of drug-likeness (QED) is 0.923. The molecule has 18 heavy (non-hydrogen) atoms. The van der Waals surface area contributed by atoms with Crippen LogP contribution in [-0.2, 0) is 13.0 Å². The summed E-state index contributed by atoms with van der Waals surface area (Å²) in [6, 6.07) is 3.63. The minimum Gasteiger partial charge on any atom is -0.318 e. The third kappa shape index (κ3) is 2.26. The smallest absolute Gasteiger partial charge is 0.0915 e. The van der Waals surface area contributed by atoms with Crippen molar-refractivity contribution in [1.29, 1.82) is 0 Å². The summed E-state index contributed by atoms with van der Waals surface area (Å²) in [6.07, 6.45) is 4.29. The molecule has 0 amide bonds. The van der Waals surface area contributed by atoms with Gasteiger partial charge in [0.2, 0.25) is 0 Å². The first-order chi connectivity index (χ1) is 8.69. The van der Waals surface area contributed by atoms with Crippen LogP contribution in [0.15, 0.2) is 24.5 Å². The maximum Gasteiger partial charge on any atom is 0.0915 e. The summed E-state index contributed by atoms with van der Waals surface area (Å²) in [6.45, 7) is 4.84.